The molecule has 140 valence electrons. The van der Waals surface area contributed by atoms with Gasteiger partial charge in [-0.2, -0.15) is 11.3 Å². The fraction of sp³-hybridized carbons (Fsp3) is 0.533. The van der Waals surface area contributed by atoms with E-state index in [-0.39, 0.29) is 17.6 Å². The molecule has 0 radical (unpaired) electrons. The highest BCUT2D eigenvalue weighted by atomic mass is 32.2. The van der Waals surface area contributed by atoms with Crippen molar-refractivity contribution < 1.29 is 9.59 Å². The maximum Gasteiger partial charge on any atom is 0.254 e. The molecule has 0 unspecified atom stereocenters. The number of piperazine rings is 1. The number of hydrogen-bond donors (Lipinski definition) is 1. The summed E-state index contributed by atoms with van der Waals surface area (Å²) >= 11 is 2.85. The van der Waals surface area contributed by atoms with Gasteiger partial charge in [0.25, 0.3) is 5.91 Å². The third-order valence-electron chi connectivity index (χ3n) is 4.09. The Labute approximate surface area is 159 Å². The van der Waals surface area contributed by atoms with Crippen LogP contribution in [0.15, 0.2) is 22.0 Å². The number of rotatable bonds is 7. The standard InChI is InChI=1S/C15H21N7O2S2/c1-20-15(17-18-19-20)26-11-13(23)16-3-4-21-5-7-22(8-6-21)14(24)12-2-9-25-10-12/h2,9-10H,3-8,11H2,1H3,(H,16,23). The zero-order valence-electron chi connectivity index (χ0n) is 14.5. The van der Waals surface area contributed by atoms with E-state index in [2.05, 4.69) is 25.7 Å². The molecule has 2 amide bonds. The van der Waals surface area contributed by atoms with Crippen molar-refractivity contribution in [1.29, 1.82) is 0 Å². The second-order valence-electron chi connectivity index (χ2n) is 5.87. The lowest BCUT2D eigenvalue weighted by Gasteiger charge is -2.34. The first-order chi connectivity index (χ1) is 12.6. The van der Waals surface area contributed by atoms with Gasteiger partial charge >= 0.3 is 0 Å². The van der Waals surface area contributed by atoms with Gasteiger partial charge in [0.1, 0.15) is 0 Å². The maximum absolute atomic E-state index is 12.3. The molecule has 2 aromatic heterocycles. The van der Waals surface area contributed by atoms with E-state index in [9.17, 15) is 9.59 Å². The number of nitrogens with one attached hydrogen (secondary N) is 1. The number of carbonyl (C=O) groups is 2. The van der Waals surface area contributed by atoms with Crippen LogP contribution >= 0.6 is 23.1 Å². The zero-order chi connectivity index (χ0) is 18.4. The van der Waals surface area contributed by atoms with Crippen LogP contribution in [0.2, 0.25) is 0 Å². The maximum atomic E-state index is 12.3. The predicted octanol–water partition coefficient (Wildman–Crippen LogP) is -0.0621. The van der Waals surface area contributed by atoms with Gasteiger partial charge in [-0.15, -0.1) is 5.10 Å². The quantitative estimate of drug-likeness (QED) is 0.656. The van der Waals surface area contributed by atoms with Gasteiger partial charge in [-0.05, 0) is 21.9 Å². The molecule has 0 spiro atoms. The van der Waals surface area contributed by atoms with Gasteiger partial charge in [0.15, 0.2) is 0 Å². The largest absolute Gasteiger partial charge is 0.354 e. The van der Waals surface area contributed by atoms with Crippen molar-refractivity contribution in [3.8, 4) is 0 Å². The van der Waals surface area contributed by atoms with E-state index in [4.69, 9.17) is 0 Å². The van der Waals surface area contributed by atoms with Gasteiger partial charge in [0.05, 0.1) is 11.3 Å². The number of thioether (sulfide) groups is 1. The monoisotopic (exact) mass is 395 g/mol. The highest BCUT2D eigenvalue weighted by Gasteiger charge is 2.22. The van der Waals surface area contributed by atoms with Gasteiger partial charge < -0.3 is 10.2 Å². The van der Waals surface area contributed by atoms with Crippen LogP contribution in [0.5, 0.6) is 0 Å². The van der Waals surface area contributed by atoms with Gasteiger partial charge in [-0.25, -0.2) is 4.68 Å². The Kier molecular flexibility index (Phi) is 6.58. The molecule has 1 N–H and O–H groups in total. The second kappa shape index (κ2) is 9.10. The van der Waals surface area contributed by atoms with Gasteiger partial charge in [-0.1, -0.05) is 11.8 Å². The smallest absolute Gasteiger partial charge is 0.254 e. The molecule has 0 aromatic carbocycles. The van der Waals surface area contributed by atoms with Crippen molar-refractivity contribution in [2.24, 2.45) is 7.05 Å². The Morgan fingerprint density at radius 3 is 2.77 bits per heavy atom. The molecular formula is C15H21N7O2S2. The first-order valence-corrected chi connectivity index (χ1v) is 10.2. The van der Waals surface area contributed by atoms with Gasteiger partial charge in [-0.3, -0.25) is 14.5 Å². The minimum atomic E-state index is -0.0377. The summed E-state index contributed by atoms with van der Waals surface area (Å²) in [6.07, 6.45) is 0. The lowest BCUT2D eigenvalue weighted by molar-refractivity contribution is -0.118. The van der Waals surface area contributed by atoms with Crippen LogP contribution in [0.4, 0.5) is 0 Å². The number of carbonyl (C=O) groups excluding carboxylic acids is 2. The van der Waals surface area contributed by atoms with E-state index < -0.39 is 0 Å². The van der Waals surface area contributed by atoms with Crippen LogP contribution in [-0.2, 0) is 11.8 Å². The molecular weight excluding hydrogens is 374 g/mol. The summed E-state index contributed by atoms with van der Waals surface area (Å²) < 4.78 is 1.54. The van der Waals surface area contributed by atoms with E-state index >= 15 is 0 Å². The molecule has 0 bridgehead atoms. The van der Waals surface area contributed by atoms with Crippen molar-refractivity contribution in [2.45, 2.75) is 5.16 Å². The fourth-order valence-corrected chi connectivity index (χ4v) is 3.93. The van der Waals surface area contributed by atoms with Crippen LogP contribution in [0, 0.1) is 0 Å². The van der Waals surface area contributed by atoms with E-state index in [1.54, 1.807) is 7.05 Å². The summed E-state index contributed by atoms with van der Waals surface area (Å²) in [5.74, 6) is 0.357. The van der Waals surface area contributed by atoms with E-state index in [0.29, 0.717) is 11.7 Å². The Bertz CT molecular complexity index is 726. The van der Waals surface area contributed by atoms with E-state index in [0.717, 1.165) is 38.3 Å². The van der Waals surface area contributed by atoms with Gasteiger partial charge in [0.2, 0.25) is 11.1 Å². The molecule has 1 aliphatic heterocycles. The van der Waals surface area contributed by atoms with Gasteiger partial charge in [0, 0.05) is 51.7 Å². The highest BCUT2D eigenvalue weighted by Crippen LogP contribution is 2.12. The molecule has 11 heteroatoms. The molecule has 3 heterocycles. The predicted molar refractivity (Wildman–Crippen MR) is 99.2 cm³/mol. The minimum Gasteiger partial charge on any atom is -0.354 e. The Balaban J connectivity index is 1.31. The number of tetrazole rings is 1. The second-order valence-corrected chi connectivity index (χ2v) is 7.59. The number of thiophene rings is 1. The SMILES string of the molecule is Cn1nnnc1SCC(=O)NCCN1CCN(C(=O)c2ccsc2)CC1. The number of aryl methyl sites for hydroxylation is 1. The van der Waals surface area contributed by atoms with E-state index in [1.807, 2.05) is 21.7 Å². The Morgan fingerprint density at radius 1 is 1.31 bits per heavy atom. The topological polar surface area (TPSA) is 96.2 Å². The number of nitrogens with zero attached hydrogens (tertiary/aromatic N) is 6. The third-order valence-corrected chi connectivity index (χ3v) is 5.79. The molecule has 1 saturated heterocycles. The number of amides is 2. The third kappa shape index (κ3) is 5.02. The molecule has 3 rings (SSSR count). The Hall–Kier alpha value is -1.98. The van der Waals surface area contributed by atoms with Crippen molar-refractivity contribution in [1.82, 2.24) is 35.3 Å². The first-order valence-electron chi connectivity index (χ1n) is 8.29. The molecule has 26 heavy (non-hydrogen) atoms. The van der Waals surface area contributed by atoms with Crippen LogP contribution in [0.3, 0.4) is 0 Å². The first kappa shape index (κ1) is 18.8. The van der Waals surface area contributed by atoms with Crippen molar-refractivity contribution in [3.63, 3.8) is 0 Å². The molecule has 1 aliphatic rings. The average molecular weight is 396 g/mol. The summed E-state index contributed by atoms with van der Waals surface area (Å²) in [5, 5.41) is 18.4. The normalized spacial score (nSPS) is 15.2. The molecule has 0 atom stereocenters. The van der Waals surface area contributed by atoms with Crippen LogP contribution < -0.4 is 5.32 Å². The summed E-state index contributed by atoms with van der Waals surface area (Å²) in [4.78, 5) is 28.3. The van der Waals surface area contributed by atoms with Crippen LogP contribution in [-0.4, -0.2) is 86.8 Å². The number of hydrogen-bond acceptors (Lipinski definition) is 8. The lowest BCUT2D eigenvalue weighted by atomic mass is 10.2. The summed E-state index contributed by atoms with van der Waals surface area (Å²) in [6, 6.07) is 1.87. The minimum absolute atomic E-state index is 0.0377. The van der Waals surface area contributed by atoms with Crippen molar-refractivity contribution in [3.05, 3.63) is 22.4 Å². The van der Waals surface area contributed by atoms with Crippen molar-refractivity contribution >= 4 is 34.9 Å². The summed E-state index contributed by atoms with van der Waals surface area (Å²) in [7, 11) is 1.74. The summed E-state index contributed by atoms with van der Waals surface area (Å²) in [6.45, 7) is 4.46. The molecule has 2 aromatic rings. The highest BCUT2D eigenvalue weighted by molar-refractivity contribution is 7.99. The van der Waals surface area contributed by atoms with Crippen LogP contribution in [0.1, 0.15) is 10.4 Å². The molecule has 1 fully saturated rings. The summed E-state index contributed by atoms with van der Waals surface area (Å²) in [5.41, 5.74) is 0.770. The zero-order valence-corrected chi connectivity index (χ0v) is 16.1. The average Bonchev–Trinajstić information content (AvgIpc) is 3.32. The van der Waals surface area contributed by atoms with E-state index in [1.165, 1.54) is 27.8 Å². The molecule has 0 aliphatic carbocycles. The molecule has 9 nitrogen and oxygen atoms in total. The number of aromatic nitrogens is 4. The van der Waals surface area contributed by atoms with Crippen molar-refractivity contribution in [2.75, 3.05) is 45.0 Å². The lowest BCUT2D eigenvalue weighted by Crippen LogP contribution is -2.50. The fourth-order valence-electron chi connectivity index (χ4n) is 2.62. The van der Waals surface area contributed by atoms with Crippen LogP contribution in [0.25, 0.3) is 0 Å². The Morgan fingerprint density at radius 2 is 2.12 bits per heavy atom. The molecule has 0 saturated carbocycles.